The zero-order chi connectivity index (χ0) is 11.4. The van der Waals surface area contributed by atoms with E-state index in [1.54, 1.807) is 23.8 Å². The highest BCUT2D eigenvalue weighted by molar-refractivity contribution is 7.13. The van der Waals surface area contributed by atoms with Crippen molar-refractivity contribution in [3.63, 3.8) is 0 Å². The molecule has 80 valence electrons. The highest BCUT2D eigenvalue weighted by Gasteiger charge is 2.12. The standard InChI is InChI=1S/C10H7N3O2S/c11-3-4-12-9(14)7-6-16-10(13-7)8-2-1-5-15-8/h1-2,5-6H,4H2,(H,12,14). The minimum absolute atomic E-state index is 0.0214. The van der Waals surface area contributed by atoms with Crippen LogP contribution in [0.5, 0.6) is 0 Å². The van der Waals surface area contributed by atoms with E-state index in [1.807, 2.05) is 6.07 Å². The molecule has 0 aliphatic carbocycles. The van der Waals surface area contributed by atoms with E-state index >= 15 is 0 Å². The second-order valence-electron chi connectivity index (χ2n) is 2.86. The molecule has 16 heavy (non-hydrogen) atoms. The van der Waals surface area contributed by atoms with Crippen molar-refractivity contribution in [1.82, 2.24) is 10.3 Å². The van der Waals surface area contributed by atoms with Crippen LogP contribution < -0.4 is 5.32 Å². The van der Waals surface area contributed by atoms with Gasteiger partial charge in [-0.3, -0.25) is 4.79 Å². The van der Waals surface area contributed by atoms with Gasteiger partial charge >= 0.3 is 0 Å². The van der Waals surface area contributed by atoms with Gasteiger partial charge in [-0.05, 0) is 12.1 Å². The quantitative estimate of drug-likeness (QED) is 0.817. The SMILES string of the molecule is N#CCNC(=O)c1csc(-c2ccco2)n1. The minimum atomic E-state index is -0.351. The number of nitrogens with one attached hydrogen (secondary N) is 1. The van der Waals surface area contributed by atoms with Gasteiger partial charge in [0.2, 0.25) is 0 Å². The lowest BCUT2D eigenvalue weighted by Gasteiger charge is -1.94. The average molecular weight is 233 g/mol. The van der Waals surface area contributed by atoms with Crippen LogP contribution in [0.1, 0.15) is 10.5 Å². The number of amides is 1. The maximum Gasteiger partial charge on any atom is 0.271 e. The van der Waals surface area contributed by atoms with E-state index in [0.29, 0.717) is 16.5 Å². The number of thiazole rings is 1. The van der Waals surface area contributed by atoms with Crippen LogP contribution in [-0.2, 0) is 0 Å². The fraction of sp³-hybridized carbons (Fsp3) is 0.100. The minimum Gasteiger partial charge on any atom is -0.462 e. The van der Waals surface area contributed by atoms with Crippen molar-refractivity contribution >= 4 is 17.2 Å². The molecule has 1 amide bonds. The van der Waals surface area contributed by atoms with Crippen LogP contribution in [0.3, 0.4) is 0 Å². The van der Waals surface area contributed by atoms with Gasteiger partial charge in [-0.2, -0.15) is 5.26 Å². The number of aromatic nitrogens is 1. The van der Waals surface area contributed by atoms with E-state index in [4.69, 9.17) is 9.68 Å². The fourth-order valence-corrected chi connectivity index (χ4v) is 1.87. The van der Waals surface area contributed by atoms with Crippen molar-refractivity contribution in [2.24, 2.45) is 0 Å². The van der Waals surface area contributed by atoms with Crippen molar-refractivity contribution in [1.29, 1.82) is 5.26 Å². The Kier molecular flexibility index (Phi) is 2.98. The molecule has 2 heterocycles. The van der Waals surface area contributed by atoms with Gasteiger partial charge in [0, 0.05) is 5.38 Å². The van der Waals surface area contributed by atoms with Crippen LogP contribution in [0.15, 0.2) is 28.2 Å². The lowest BCUT2D eigenvalue weighted by atomic mass is 10.4. The van der Waals surface area contributed by atoms with Crippen molar-refractivity contribution in [2.45, 2.75) is 0 Å². The molecule has 2 rings (SSSR count). The summed E-state index contributed by atoms with van der Waals surface area (Å²) < 4.78 is 5.16. The summed E-state index contributed by atoms with van der Waals surface area (Å²) >= 11 is 1.32. The Morgan fingerprint density at radius 1 is 1.69 bits per heavy atom. The molecule has 0 atom stereocenters. The molecular weight excluding hydrogens is 226 g/mol. The van der Waals surface area contributed by atoms with Gasteiger partial charge in [0.25, 0.3) is 5.91 Å². The first-order chi connectivity index (χ1) is 7.81. The molecule has 5 nitrogen and oxygen atoms in total. The summed E-state index contributed by atoms with van der Waals surface area (Å²) in [6.45, 7) is -0.0214. The van der Waals surface area contributed by atoms with Crippen molar-refractivity contribution in [3.8, 4) is 16.8 Å². The Bertz CT molecular complexity index is 525. The van der Waals surface area contributed by atoms with Crippen LogP contribution in [-0.4, -0.2) is 17.4 Å². The summed E-state index contributed by atoms with van der Waals surface area (Å²) in [7, 11) is 0. The molecule has 0 aromatic carbocycles. The first kappa shape index (κ1) is 10.4. The third-order valence-corrected chi connectivity index (χ3v) is 2.65. The van der Waals surface area contributed by atoms with Crippen molar-refractivity contribution < 1.29 is 9.21 Å². The number of nitriles is 1. The number of furan rings is 1. The molecule has 0 unspecified atom stereocenters. The smallest absolute Gasteiger partial charge is 0.271 e. The molecule has 0 bridgehead atoms. The summed E-state index contributed by atoms with van der Waals surface area (Å²) in [5, 5.41) is 13.0. The highest BCUT2D eigenvalue weighted by Crippen LogP contribution is 2.23. The Balaban J connectivity index is 2.14. The molecule has 0 fully saturated rings. The normalized spacial score (nSPS) is 9.69. The second-order valence-corrected chi connectivity index (χ2v) is 3.71. The van der Waals surface area contributed by atoms with Gasteiger partial charge < -0.3 is 9.73 Å². The third-order valence-electron chi connectivity index (χ3n) is 1.80. The predicted molar refractivity (Wildman–Crippen MR) is 57.8 cm³/mol. The fourth-order valence-electron chi connectivity index (χ4n) is 1.10. The van der Waals surface area contributed by atoms with E-state index in [1.165, 1.54) is 11.3 Å². The van der Waals surface area contributed by atoms with E-state index in [9.17, 15) is 4.79 Å². The van der Waals surface area contributed by atoms with Gasteiger partial charge in [-0.25, -0.2) is 4.98 Å². The molecule has 2 aromatic heterocycles. The van der Waals surface area contributed by atoms with Crippen LogP contribution in [0.4, 0.5) is 0 Å². The summed E-state index contributed by atoms with van der Waals surface area (Å²) in [6, 6.07) is 5.36. The summed E-state index contributed by atoms with van der Waals surface area (Å²) in [5.74, 6) is 0.278. The maximum absolute atomic E-state index is 11.4. The van der Waals surface area contributed by atoms with Crippen molar-refractivity contribution in [3.05, 3.63) is 29.5 Å². The Labute approximate surface area is 95.3 Å². The Morgan fingerprint density at radius 2 is 2.56 bits per heavy atom. The lowest BCUT2D eigenvalue weighted by molar-refractivity contribution is 0.0954. The van der Waals surface area contributed by atoms with Crippen LogP contribution in [0, 0.1) is 11.3 Å². The average Bonchev–Trinajstić information content (AvgIpc) is 2.94. The molecule has 0 saturated carbocycles. The molecule has 0 saturated heterocycles. The topological polar surface area (TPSA) is 78.9 Å². The number of hydrogen-bond acceptors (Lipinski definition) is 5. The third kappa shape index (κ3) is 2.10. The van der Waals surface area contributed by atoms with E-state index in [2.05, 4.69) is 10.3 Å². The Hall–Kier alpha value is -2.13. The highest BCUT2D eigenvalue weighted by atomic mass is 32.1. The molecule has 6 heteroatoms. The molecule has 0 spiro atoms. The first-order valence-electron chi connectivity index (χ1n) is 4.46. The van der Waals surface area contributed by atoms with Gasteiger partial charge in [0.05, 0.1) is 12.3 Å². The van der Waals surface area contributed by atoms with Crippen LogP contribution >= 0.6 is 11.3 Å². The maximum atomic E-state index is 11.4. The lowest BCUT2D eigenvalue weighted by Crippen LogP contribution is -2.23. The van der Waals surface area contributed by atoms with E-state index < -0.39 is 0 Å². The molecular formula is C10H7N3O2S. The zero-order valence-electron chi connectivity index (χ0n) is 8.14. The van der Waals surface area contributed by atoms with Gasteiger partial charge in [-0.1, -0.05) is 0 Å². The number of carbonyl (C=O) groups is 1. The van der Waals surface area contributed by atoms with Gasteiger partial charge in [0.1, 0.15) is 12.2 Å². The van der Waals surface area contributed by atoms with Crippen LogP contribution in [0.2, 0.25) is 0 Å². The predicted octanol–water partition coefficient (Wildman–Crippen LogP) is 1.66. The number of hydrogen-bond donors (Lipinski definition) is 1. The van der Waals surface area contributed by atoms with Gasteiger partial charge in [0.15, 0.2) is 10.8 Å². The molecule has 0 aliphatic rings. The molecule has 1 N–H and O–H groups in total. The van der Waals surface area contributed by atoms with E-state index in [-0.39, 0.29) is 12.5 Å². The van der Waals surface area contributed by atoms with Crippen LogP contribution in [0.25, 0.3) is 10.8 Å². The first-order valence-corrected chi connectivity index (χ1v) is 5.34. The second kappa shape index (κ2) is 4.59. The summed E-state index contributed by atoms with van der Waals surface area (Å²) in [6.07, 6.45) is 1.55. The summed E-state index contributed by atoms with van der Waals surface area (Å²) in [4.78, 5) is 15.5. The largest absolute Gasteiger partial charge is 0.462 e. The molecule has 2 aromatic rings. The number of carbonyl (C=O) groups excluding carboxylic acids is 1. The molecule has 0 aliphatic heterocycles. The number of rotatable bonds is 3. The van der Waals surface area contributed by atoms with E-state index in [0.717, 1.165) is 0 Å². The van der Waals surface area contributed by atoms with Gasteiger partial charge in [-0.15, -0.1) is 11.3 Å². The Morgan fingerprint density at radius 3 is 3.25 bits per heavy atom. The molecule has 0 radical (unpaired) electrons. The monoisotopic (exact) mass is 233 g/mol. The summed E-state index contributed by atoms with van der Waals surface area (Å²) in [5.41, 5.74) is 0.298. The van der Waals surface area contributed by atoms with Crippen molar-refractivity contribution in [2.75, 3.05) is 6.54 Å². The number of nitrogens with zero attached hydrogens (tertiary/aromatic N) is 2. The zero-order valence-corrected chi connectivity index (χ0v) is 8.95.